The third kappa shape index (κ3) is 2.22. The van der Waals surface area contributed by atoms with Gasteiger partial charge >= 0.3 is 0 Å². The van der Waals surface area contributed by atoms with Crippen molar-refractivity contribution in [3.8, 4) is 0 Å². The lowest BCUT2D eigenvalue weighted by Crippen LogP contribution is -2.48. The third-order valence-electron chi connectivity index (χ3n) is 3.33. The minimum absolute atomic E-state index is 0.0168. The van der Waals surface area contributed by atoms with Gasteiger partial charge in [0, 0.05) is 7.05 Å². The van der Waals surface area contributed by atoms with E-state index in [9.17, 15) is 13.2 Å². The van der Waals surface area contributed by atoms with E-state index in [0.29, 0.717) is 6.42 Å². The molecule has 0 radical (unpaired) electrons. The minimum atomic E-state index is -3.03. The number of carbonyl (C=O) groups excluding carboxylic acids is 1. The first-order valence-corrected chi connectivity index (χ1v) is 7.18. The first kappa shape index (κ1) is 12.2. The summed E-state index contributed by atoms with van der Waals surface area (Å²) in [5.74, 6) is 0.106. The van der Waals surface area contributed by atoms with Crippen LogP contribution in [0.25, 0.3) is 0 Å². The molecule has 1 fully saturated rings. The van der Waals surface area contributed by atoms with Gasteiger partial charge in [-0.05, 0) is 25.5 Å². The molecule has 1 aliphatic rings. The Labute approximate surface area is 100 Å². The van der Waals surface area contributed by atoms with Crippen LogP contribution in [0.1, 0.15) is 23.9 Å². The van der Waals surface area contributed by atoms with Gasteiger partial charge < -0.3 is 9.32 Å². The van der Waals surface area contributed by atoms with Crippen molar-refractivity contribution in [1.82, 2.24) is 4.90 Å². The maximum Gasteiger partial charge on any atom is 0.289 e. The van der Waals surface area contributed by atoms with Crippen molar-refractivity contribution in [2.75, 3.05) is 18.6 Å². The van der Waals surface area contributed by atoms with Crippen LogP contribution < -0.4 is 0 Å². The zero-order valence-corrected chi connectivity index (χ0v) is 10.7. The summed E-state index contributed by atoms with van der Waals surface area (Å²) in [5.41, 5.74) is -0.636. The topological polar surface area (TPSA) is 67.6 Å². The van der Waals surface area contributed by atoms with E-state index in [1.807, 2.05) is 0 Å². The molecule has 6 heteroatoms. The Hall–Kier alpha value is -1.30. The lowest BCUT2D eigenvalue weighted by molar-refractivity contribution is 0.0605. The van der Waals surface area contributed by atoms with E-state index in [4.69, 9.17) is 4.42 Å². The highest BCUT2D eigenvalue weighted by atomic mass is 32.2. The monoisotopic (exact) mass is 257 g/mol. The van der Waals surface area contributed by atoms with E-state index in [1.54, 1.807) is 26.1 Å². The van der Waals surface area contributed by atoms with Gasteiger partial charge in [0.15, 0.2) is 15.6 Å². The molecular formula is C11H15NO4S. The summed E-state index contributed by atoms with van der Waals surface area (Å²) in [7, 11) is -1.41. The zero-order chi connectivity index (χ0) is 12.7. The van der Waals surface area contributed by atoms with Crippen LogP contribution in [0.15, 0.2) is 22.8 Å². The van der Waals surface area contributed by atoms with E-state index in [-0.39, 0.29) is 23.2 Å². The average Bonchev–Trinajstić information content (AvgIpc) is 2.85. The molecular weight excluding hydrogens is 242 g/mol. The van der Waals surface area contributed by atoms with Crippen LogP contribution in [0.3, 0.4) is 0 Å². The third-order valence-corrected chi connectivity index (χ3v) is 5.22. The van der Waals surface area contributed by atoms with E-state index < -0.39 is 15.4 Å². The highest BCUT2D eigenvalue weighted by Gasteiger charge is 2.43. The second-order valence-corrected chi connectivity index (χ2v) is 6.86. The highest BCUT2D eigenvalue weighted by Crippen LogP contribution is 2.29. The number of carbonyl (C=O) groups is 1. The molecule has 1 aliphatic heterocycles. The van der Waals surface area contributed by atoms with E-state index in [1.165, 1.54) is 11.2 Å². The van der Waals surface area contributed by atoms with Crippen LogP contribution >= 0.6 is 0 Å². The Morgan fingerprint density at radius 2 is 2.24 bits per heavy atom. The van der Waals surface area contributed by atoms with Crippen molar-refractivity contribution < 1.29 is 17.6 Å². The largest absolute Gasteiger partial charge is 0.459 e. The van der Waals surface area contributed by atoms with Crippen molar-refractivity contribution in [2.24, 2.45) is 0 Å². The molecule has 0 spiro atoms. The van der Waals surface area contributed by atoms with E-state index in [0.717, 1.165) is 0 Å². The first-order valence-electron chi connectivity index (χ1n) is 5.36. The number of rotatable bonds is 2. The fraction of sp³-hybridized carbons (Fsp3) is 0.545. The Balaban J connectivity index is 2.21. The summed E-state index contributed by atoms with van der Waals surface area (Å²) in [6.07, 6.45) is 1.90. The van der Waals surface area contributed by atoms with Gasteiger partial charge in [0.05, 0.1) is 23.3 Å². The Morgan fingerprint density at radius 3 is 2.71 bits per heavy atom. The molecule has 0 aliphatic carbocycles. The molecule has 2 rings (SSSR count). The number of amides is 1. The molecule has 1 saturated heterocycles. The second kappa shape index (κ2) is 3.87. The molecule has 1 unspecified atom stereocenters. The SMILES string of the molecule is CN(C(=O)c1ccco1)C1(C)CCS(=O)(=O)C1. The zero-order valence-electron chi connectivity index (χ0n) is 9.84. The molecule has 1 atom stereocenters. The fourth-order valence-corrected chi connectivity index (χ4v) is 4.25. The summed E-state index contributed by atoms with van der Waals surface area (Å²) < 4.78 is 28.0. The van der Waals surface area contributed by atoms with Gasteiger partial charge in [0.25, 0.3) is 5.91 Å². The maximum absolute atomic E-state index is 12.0. The maximum atomic E-state index is 12.0. The molecule has 0 saturated carbocycles. The summed E-state index contributed by atoms with van der Waals surface area (Å²) in [4.78, 5) is 13.5. The van der Waals surface area contributed by atoms with Gasteiger partial charge in [0.1, 0.15) is 0 Å². The smallest absolute Gasteiger partial charge is 0.289 e. The predicted molar refractivity (Wildman–Crippen MR) is 62.5 cm³/mol. The van der Waals surface area contributed by atoms with Gasteiger partial charge in [-0.15, -0.1) is 0 Å². The average molecular weight is 257 g/mol. The molecule has 1 amide bonds. The van der Waals surface area contributed by atoms with Gasteiger partial charge in [-0.2, -0.15) is 0 Å². The fourth-order valence-electron chi connectivity index (χ4n) is 2.07. The van der Waals surface area contributed by atoms with Crippen LogP contribution in [0.5, 0.6) is 0 Å². The normalized spacial score (nSPS) is 26.9. The molecule has 17 heavy (non-hydrogen) atoms. The van der Waals surface area contributed by atoms with Gasteiger partial charge in [-0.1, -0.05) is 0 Å². The number of nitrogens with zero attached hydrogens (tertiary/aromatic N) is 1. The number of sulfone groups is 1. The van der Waals surface area contributed by atoms with Gasteiger partial charge in [-0.3, -0.25) is 4.79 Å². The Kier molecular flexibility index (Phi) is 2.77. The highest BCUT2D eigenvalue weighted by molar-refractivity contribution is 7.91. The molecule has 0 N–H and O–H groups in total. The van der Waals surface area contributed by atoms with Crippen molar-refractivity contribution in [1.29, 1.82) is 0 Å². The quantitative estimate of drug-likeness (QED) is 0.790. The molecule has 1 aromatic heterocycles. The van der Waals surface area contributed by atoms with Crippen LogP contribution in [0.2, 0.25) is 0 Å². The molecule has 1 aromatic rings. The van der Waals surface area contributed by atoms with Crippen molar-refractivity contribution in [3.63, 3.8) is 0 Å². The Bertz CT molecular complexity index is 520. The number of furan rings is 1. The van der Waals surface area contributed by atoms with Crippen LogP contribution in [0.4, 0.5) is 0 Å². The predicted octanol–water partition coefficient (Wildman–Crippen LogP) is 0.929. The second-order valence-electron chi connectivity index (χ2n) is 4.68. The summed E-state index contributed by atoms with van der Waals surface area (Å²) in [6.45, 7) is 1.79. The summed E-state index contributed by atoms with van der Waals surface area (Å²) in [5, 5.41) is 0. The van der Waals surface area contributed by atoms with Crippen molar-refractivity contribution in [2.45, 2.75) is 18.9 Å². The molecule has 5 nitrogen and oxygen atoms in total. The van der Waals surface area contributed by atoms with Crippen LogP contribution in [-0.2, 0) is 9.84 Å². The van der Waals surface area contributed by atoms with Crippen LogP contribution in [-0.4, -0.2) is 43.3 Å². The summed E-state index contributed by atoms with van der Waals surface area (Å²) >= 11 is 0. The van der Waals surface area contributed by atoms with E-state index >= 15 is 0 Å². The summed E-state index contributed by atoms with van der Waals surface area (Å²) in [6, 6.07) is 3.21. The van der Waals surface area contributed by atoms with Crippen molar-refractivity contribution >= 4 is 15.7 Å². The number of hydrogen-bond donors (Lipinski definition) is 0. The standard InChI is InChI=1S/C11H15NO4S/c1-11(5-7-17(14,15)8-11)12(2)10(13)9-4-3-6-16-9/h3-4,6H,5,7-8H2,1-2H3. The molecule has 94 valence electrons. The van der Waals surface area contributed by atoms with E-state index in [2.05, 4.69) is 0 Å². The van der Waals surface area contributed by atoms with Crippen molar-refractivity contribution in [3.05, 3.63) is 24.2 Å². The lowest BCUT2D eigenvalue weighted by atomic mass is 10.00. The molecule has 2 heterocycles. The molecule has 0 aromatic carbocycles. The van der Waals surface area contributed by atoms with Crippen LogP contribution in [0, 0.1) is 0 Å². The first-order chi connectivity index (χ1) is 7.84. The van der Waals surface area contributed by atoms with Gasteiger partial charge in [0.2, 0.25) is 0 Å². The lowest BCUT2D eigenvalue weighted by Gasteiger charge is -2.33. The minimum Gasteiger partial charge on any atom is -0.459 e. The van der Waals surface area contributed by atoms with Gasteiger partial charge in [-0.25, -0.2) is 8.42 Å². The molecule has 0 bridgehead atoms. The Morgan fingerprint density at radius 1 is 1.53 bits per heavy atom. The number of hydrogen-bond acceptors (Lipinski definition) is 4.